The van der Waals surface area contributed by atoms with Crippen LogP contribution in [0.1, 0.15) is 0 Å². The van der Waals surface area contributed by atoms with Crippen molar-refractivity contribution < 1.29 is 4.39 Å². The molecular formula is C9H8Cl2FN. The molecule has 1 rings (SSSR count). The second-order valence-electron chi connectivity index (χ2n) is 2.49. The number of rotatable bonds is 3. The molecule has 1 N–H and O–H groups in total. The van der Waals surface area contributed by atoms with Crippen molar-refractivity contribution in [3.8, 4) is 0 Å². The van der Waals surface area contributed by atoms with Crippen LogP contribution in [0.15, 0.2) is 29.8 Å². The van der Waals surface area contributed by atoms with Crippen LogP contribution in [0, 0.1) is 5.82 Å². The van der Waals surface area contributed by atoms with Crippen LogP contribution in [0.5, 0.6) is 0 Å². The lowest BCUT2D eigenvalue weighted by Crippen LogP contribution is -2.02. The van der Waals surface area contributed by atoms with E-state index in [1.807, 2.05) is 0 Å². The molecule has 0 atom stereocenters. The second-order valence-corrected chi connectivity index (χ2v) is 3.47. The summed E-state index contributed by atoms with van der Waals surface area (Å²) in [5, 5.41) is 3.65. The predicted molar refractivity (Wildman–Crippen MR) is 54.9 cm³/mol. The van der Waals surface area contributed by atoms with Crippen LogP contribution in [0.3, 0.4) is 0 Å². The van der Waals surface area contributed by atoms with Crippen LogP contribution in [-0.2, 0) is 0 Å². The van der Waals surface area contributed by atoms with Gasteiger partial charge in [0.2, 0.25) is 0 Å². The average Bonchev–Trinajstić information content (AvgIpc) is 2.06. The summed E-state index contributed by atoms with van der Waals surface area (Å²) in [6, 6.07) is 4.27. The molecule has 0 bridgehead atoms. The molecule has 70 valence electrons. The van der Waals surface area contributed by atoms with Gasteiger partial charge < -0.3 is 5.32 Å². The number of hydrogen-bond donors (Lipinski definition) is 1. The molecule has 0 saturated carbocycles. The Balaban J connectivity index is 2.75. The van der Waals surface area contributed by atoms with Crippen LogP contribution < -0.4 is 5.32 Å². The summed E-state index contributed by atoms with van der Waals surface area (Å²) >= 11 is 11.2. The van der Waals surface area contributed by atoms with Crippen molar-refractivity contribution in [1.82, 2.24) is 0 Å². The highest BCUT2D eigenvalue weighted by atomic mass is 35.5. The Labute approximate surface area is 86.2 Å². The van der Waals surface area contributed by atoms with Gasteiger partial charge in [0.1, 0.15) is 5.82 Å². The summed E-state index contributed by atoms with van der Waals surface area (Å²) < 4.78 is 13.0. The molecule has 0 aliphatic heterocycles. The third kappa shape index (κ3) is 3.25. The quantitative estimate of drug-likeness (QED) is 0.819. The summed E-state index contributed by atoms with van der Waals surface area (Å²) in [5.41, 5.74) is 0.328. The Bertz CT molecular complexity index is 325. The van der Waals surface area contributed by atoms with Gasteiger partial charge in [0, 0.05) is 10.1 Å². The van der Waals surface area contributed by atoms with Gasteiger partial charge in [-0.25, -0.2) is 4.39 Å². The topological polar surface area (TPSA) is 12.0 Å². The van der Waals surface area contributed by atoms with Crippen LogP contribution >= 0.6 is 23.2 Å². The first-order valence-corrected chi connectivity index (χ1v) is 4.37. The molecular weight excluding hydrogens is 212 g/mol. The fourth-order valence-corrected chi connectivity index (χ4v) is 1.06. The molecule has 0 saturated heterocycles. The minimum absolute atomic E-state index is 0.318. The third-order valence-electron chi connectivity index (χ3n) is 1.40. The zero-order valence-corrected chi connectivity index (χ0v) is 8.29. The van der Waals surface area contributed by atoms with E-state index in [0.717, 1.165) is 0 Å². The van der Waals surface area contributed by atoms with E-state index in [4.69, 9.17) is 23.2 Å². The highest BCUT2D eigenvalue weighted by Crippen LogP contribution is 2.19. The molecule has 0 aliphatic carbocycles. The first-order valence-electron chi connectivity index (χ1n) is 3.62. The summed E-state index contributed by atoms with van der Waals surface area (Å²) in [4.78, 5) is 0. The van der Waals surface area contributed by atoms with E-state index < -0.39 is 0 Å². The van der Waals surface area contributed by atoms with Gasteiger partial charge in [-0.1, -0.05) is 29.8 Å². The van der Waals surface area contributed by atoms with E-state index in [0.29, 0.717) is 22.3 Å². The summed E-state index contributed by atoms with van der Waals surface area (Å²) in [7, 11) is 0. The van der Waals surface area contributed by atoms with Crippen molar-refractivity contribution in [3.63, 3.8) is 0 Å². The Morgan fingerprint density at radius 3 is 2.85 bits per heavy atom. The van der Waals surface area contributed by atoms with Crippen molar-refractivity contribution >= 4 is 28.9 Å². The van der Waals surface area contributed by atoms with E-state index in [2.05, 4.69) is 11.9 Å². The van der Waals surface area contributed by atoms with Crippen LogP contribution in [0.2, 0.25) is 5.02 Å². The smallest absolute Gasteiger partial charge is 0.146 e. The number of hydrogen-bond acceptors (Lipinski definition) is 1. The van der Waals surface area contributed by atoms with Gasteiger partial charge >= 0.3 is 0 Å². The molecule has 0 unspecified atom stereocenters. The lowest BCUT2D eigenvalue weighted by molar-refractivity contribution is 0.631. The molecule has 13 heavy (non-hydrogen) atoms. The SMILES string of the molecule is C=C(Cl)CNc1cc(Cl)ccc1F. The first kappa shape index (κ1) is 10.4. The van der Waals surface area contributed by atoms with E-state index in [9.17, 15) is 4.39 Å². The molecule has 1 aromatic rings. The summed E-state index contributed by atoms with van der Waals surface area (Å²) in [5.74, 6) is -0.359. The molecule has 0 aromatic heterocycles. The van der Waals surface area contributed by atoms with Gasteiger partial charge in [-0.15, -0.1) is 0 Å². The van der Waals surface area contributed by atoms with Crippen molar-refractivity contribution in [2.45, 2.75) is 0 Å². The third-order valence-corrected chi connectivity index (χ3v) is 1.77. The molecule has 1 aromatic carbocycles. The Morgan fingerprint density at radius 2 is 2.23 bits per heavy atom. The number of anilines is 1. The monoisotopic (exact) mass is 219 g/mol. The van der Waals surface area contributed by atoms with Crippen LogP contribution in [0.25, 0.3) is 0 Å². The van der Waals surface area contributed by atoms with Gasteiger partial charge in [-0.3, -0.25) is 0 Å². The zero-order valence-electron chi connectivity index (χ0n) is 6.78. The highest BCUT2D eigenvalue weighted by Gasteiger charge is 2.01. The van der Waals surface area contributed by atoms with Crippen LogP contribution in [-0.4, -0.2) is 6.54 Å². The zero-order chi connectivity index (χ0) is 9.84. The van der Waals surface area contributed by atoms with Crippen molar-refractivity contribution in [2.75, 3.05) is 11.9 Å². The largest absolute Gasteiger partial charge is 0.378 e. The molecule has 0 aliphatic rings. The fraction of sp³-hybridized carbons (Fsp3) is 0.111. The van der Waals surface area contributed by atoms with Crippen LogP contribution in [0.4, 0.5) is 10.1 Å². The predicted octanol–water partition coefficient (Wildman–Crippen LogP) is 3.64. The molecule has 0 spiro atoms. The van der Waals surface area contributed by atoms with Gasteiger partial charge in [-0.2, -0.15) is 0 Å². The Kier molecular flexibility index (Phi) is 3.58. The molecule has 1 nitrogen and oxygen atoms in total. The minimum Gasteiger partial charge on any atom is -0.378 e. The lowest BCUT2D eigenvalue weighted by Gasteiger charge is -2.06. The van der Waals surface area contributed by atoms with Gasteiger partial charge in [0.15, 0.2) is 0 Å². The van der Waals surface area contributed by atoms with Gasteiger partial charge in [0.25, 0.3) is 0 Å². The fourth-order valence-electron chi connectivity index (χ4n) is 0.824. The maximum absolute atomic E-state index is 13.0. The van der Waals surface area contributed by atoms with Gasteiger partial charge in [0.05, 0.1) is 12.2 Å². The molecule has 0 fully saturated rings. The summed E-state index contributed by atoms with van der Waals surface area (Å²) in [6.45, 7) is 3.79. The summed E-state index contributed by atoms with van der Waals surface area (Å²) in [6.07, 6.45) is 0. The number of nitrogens with one attached hydrogen (secondary N) is 1. The maximum atomic E-state index is 13.0. The first-order chi connectivity index (χ1) is 6.09. The number of halogens is 3. The molecule has 4 heteroatoms. The Morgan fingerprint density at radius 1 is 1.54 bits per heavy atom. The lowest BCUT2D eigenvalue weighted by atomic mass is 10.3. The van der Waals surface area contributed by atoms with E-state index in [1.54, 1.807) is 0 Å². The average molecular weight is 220 g/mol. The van der Waals surface area contributed by atoms with E-state index in [1.165, 1.54) is 18.2 Å². The van der Waals surface area contributed by atoms with Crippen molar-refractivity contribution in [3.05, 3.63) is 40.7 Å². The number of benzene rings is 1. The van der Waals surface area contributed by atoms with E-state index >= 15 is 0 Å². The highest BCUT2D eigenvalue weighted by molar-refractivity contribution is 6.31. The van der Waals surface area contributed by atoms with Crippen molar-refractivity contribution in [2.24, 2.45) is 0 Å². The molecule has 0 radical (unpaired) electrons. The Hall–Kier alpha value is -0.730. The van der Waals surface area contributed by atoms with Crippen molar-refractivity contribution in [1.29, 1.82) is 0 Å². The van der Waals surface area contributed by atoms with E-state index in [-0.39, 0.29) is 5.82 Å². The molecule has 0 amide bonds. The second kappa shape index (κ2) is 4.49. The van der Waals surface area contributed by atoms with Gasteiger partial charge in [-0.05, 0) is 18.2 Å². The minimum atomic E-state index is -0.359. The molecule has 0 heterocycles. The normalized spacial score (nSPS) is 9.77. The maximum Gasteiger partial charge on any atom is 0.146 e. The standard InChI is InChI=1S/C9H8Cl2FN/c1-6(10)5-13-9-4-7(11)2-3-8(9)12/h2-4,13H,1,5H2.